The molecule has 1 N–H and O–H groups in total. The minimum atomic E-state index is -4.97. The molecule has 7 nitrogen and oxygen atoms in total. The van der Waals surface area contributed by atoms with Crippen molar-refractivity contribution < 1.29 is 22.7 Å². The maximum atomic E-state index is 12.2. The molecule has 1 heterocycles. The summed E-state index contributed by atoms with van der Waals surface area (Å²) in [5.41, 5.74) is 0.254. The number of aromatic nitrogens is 4. The van der Waals surface area contributed by atoms with Gasteiger partial charge in [-0.2, -0.15) is 13.2 Å². The standard InChI is InChI=1S/C10H8F3N5O2/c1-20-8-3-6(15-9(19)10(11,12)13)2-7(4-8)18-5-14-16-17-18/h2-5H,1H3,(H,15,19). The molecule has 2 aromatic rings. The van der Waals surface area contributed by atoms with E-state index in [1.165, 1.54) is 36.3 Å². The summed E-state index contributed by atoms with van der Waals surface area (Å²) in [6.45, 7) is 0. The first-order chi connectivity index (χ1) is 9.40. The number of alkyl halides is 3. The number of ether oxygens (including phenoxy) is 1. The molecule has 20 heavy (non-hydrogen) atoms. The van der Waals surface area contributed by atoms with E-state index in [0.717, 1.165) is 0 Å². The van der Waals surface area contributed by atoms with E-state index >= 15 is 0 Å². The molecule has 0 fully saturated rings. The summed E-state index contributed by atoms with van der Waals surface area (Å²) in [6, 6.07) is 4.03. The van der Waals surface area contributed by atoms with Gasteiger partial charge in [-0.15, -0.1) is 5.10 Å². The number of hydrogen-bond donors (Lipinski definition) is 1. The van der Waals surface area contributed by atoms with Crippen molar-refractivity contribution in [2.45, 2.75) is 6.18 Å². The van der Waals surface area contributed by atoms with Crippen molar-refractivity contribution in [1.82, 2.24) is 20.2 Å². The monoisotopic (exact) mass is 287 g/mol. The molecule has 0 unspecified atom stereocenters. The van der Waals surface area contributed by atoms with Gasteiger partial charge in [-0.25, -0.2) is 4.68 Å². The number of anilines is 1. The second kappa shape index (κ2) is 5.15. The van der Waals surface area contributed by atoms with Crippen LogP contribution in [0.3, 0.4) is 0 Å². The van der Waals surface area contributed by atoms with E-state index in [9.17, 15) is 18.0 Å². The third-order valence-electron chi connectivity index (χ3n) is 2.26. The van der Waals surface area contributed by atoms with E-state index in [2.05, 4.69) is 15.5 Å². The van der Waals surface area contributed by atoms with E-state index in [-0.39, 0.29) is 11.4 Å². The van der Waals surface area contributed by atoms with Crippen LogP contribution in [0.1, 0.15) is 0 Å². The molecule has 0 aliphatic rings. The van der Waals surface area contributed by atoms with E-state index in [4.69, 9.17) is 4.74 Å². The van der Waals surface area contributed by atoms with Gasteiger partial charge < -0.3 is 10.1 Å². The number of nitrogens with zero attached hydrogens (tertiary/aromatic N) is 4. The zero-order valence-electron chi connectivity index (χ0n) is 10.0. The number of rotatable bonds is 3. The van der Waals surface area contributed by atoms with E-state index in [1.807, 2.05) is 0 Å². The molecule has 1 aromatic heterocycles. The molecule has 0 radical (unpaired) electrons. The molecule has 106 valence electrons. The maximum Gasteiger partial charge on any atom is 0.471 e. The van der Waals surface area contributed by atoms with Crippen molar-refractivity contribution in [2.75, 3.05) is 12.4 Å². The van der Waals surface area contributed by atoms with Crippen LogP contribution < -0.4 is 10.1 Å². The van der Waals surface area contributed by atoms with Crippen molar-refractivity contribution in [3.05, 3.63) is 24.5 Å². The van der Waals surface area contributed by atoms with Gasteiger partial charge in [-0.1, -0.05) is 0 Å². The predicted octanol–water partition coefficient (Wildman–Crippen LogP) is 1.17. The fourth-order valence-electron chi connectivity index (χ4n) is 1.39. The molecular weight excluding hydrogens is 279 g/mol. The second-order valence-corrected chi connectivity index (χ2v) is 3.63. The Morgan fingerprint density at radius 1 is 1.35 bits per heavy atom. The fourth-order valence-corrected chi connectivity index (χ4v) is 1.39. The van der Waals surface area contributed by atoms with Crippen LogP contribution in [-0.2, 0) is 4.79 Å². The molecule has 10 heteroatoms. The smallest absolute Gasteiger partial charge is 0.471 e. The number of benzene rings is 1. The maximum absolute atomic E-state index is 12.2. The summed E-state index contributed by atoms with van der Waals surface area (Å²) < 4.78 is 42.8. The van der Waals surface area contributed by atoms with Crippen LogP contribution in [0, 0.1) is 0 Å². The zero-order chi connectivity index (χ0) is 14.8. The van der Waals surface area contributed by atoms with Gasteiger partial charge in [0, 0.05) is 17.8 Å². The molecule has 0 bridgehead atoms. The minimum absolute atomic E-state index is 0.0859. The molecule has 0 spiro atoms. The summed E-state index contributed by atoms with van der Waals surface area (Å²) >= 11 is 0. The van der Waals surface area contributed by atoms with Crippen LogP contribution in [0.5, 0.6) is 5.75 Å². The normalized spacial score (nSPS) is 11.2. The molecule has 0 aliphatic heterocycles. The first-order valence-corrected chi connectivity index (χ1v) is 5.21. The van der Waals surface area contributed by atoms with E-state index in [1.54, 1.807) is 5.32 Å². The summed E-state index contributed by atoms with van der Waals surface area (Å²) in [5.74, 6) is -1.83. The average Bonchev–Trinajstić information content (AvgIpc) is 2.91. The Kier molecular flexibility index (Phi) is 3.55. The Bertz CT molecular complexity index is 612. The van der Waals surface area contributed by atoms with Crippen molar-refractivity contribution >= 4 is 11.6 Å². The number of tetrazole rings is 1. The van der Waals surface area contributed by atoms with Crippen LogP contribution in [0.15, 0.2) is 24.5 Å². The molecule has 0 aliphatic carbocycles. The number of halogens is 3. The summed E-state index contributed by atoms with van der Waals surface area (Å²) in [5, 5.41) is 12.1. The van der Waals surface area contributed by atoms with Crippen molar-refractivity contribution in [1.29, 1.82) is 0 Å². The molecular formula is C10H8F3N5O2. The van der Waals surface area contributed by atoms with Gasteiger partial charge in [0.05, 0.1) is 12.8 Å². The Labute approximate surface area is 110 Å². The largest absolute Gasteiger partial charge is 0.497 e. The quantitative estimate of drug-likeness (QED) is 0.916. The Balaban J connectivity index is 2.34. The van der Waals surface area contributed by atoms with Gasteiger partial charge in [0.15, 0.2) is 0 Å². The molecule has 2 rings (SSSR count). The molecule has 1 aromatic carbocycles. The highest BCUT2D eigenvalue weighted by molar-refractivity contribution is 5.95. The predicted molar refractivity (Wildman–Crippen MR) is 60.4 cm³/mol. The summed E-state index contributed by atoms with van der Waals surface area (Å²) in [4.78, 5) is 10.9. The molecule has 1 amide bonds. The SMILES string of the molecule is COc1cc(NC(=O)C(F)(F)F)cc(-n2cnnn2)c1. The van der Waals surface area contributed by atoms with Crippen molar-refractivity contribution in [3.8, 4) is 11.4 Å². The average molecular weight is 287 g/mol. The van der Waals surface area contributed by atoms with Gasteiger partial charge in [0.1, 0.15) is 12.1 Å². The molecule has 0 atom stereocenters. The Morgan fingerprint density at radius 3 is 2.65 bits per heavy atom. The lowest BCUT2D eigenvalue weighted by molar-refractivity contribution is -0.167. The lowest BCUT2D eigenvalue weighted by Crippen LogP contribution is -2.29. The number of methoxy groups -OCH3 is 1. The highest BCUT2D eigenvalue weighted by Crippen LogP contribution is 2.25. The third kappa shape index (κ3) is 3.02. The minimum Gasteiger partial charge on any atom is -0.497 e. The molecule has 0 saturated carbocycles. The number of hydrogen-bond acceptors (Lipinski definition) is 5. The Morgan fingerprint density at radius 2 is 2.10 bits per heavy atom. The number of amides is 1. The van der Waals surface area contributed by atoms with Crippen LogP contribution in [0.25, 0.3) is 5.69 Å². The van der Waals surface area contributed by atoms with Crippen LogP contribution in [0.2, 0.25) is 0 Å². The van der Waals surface area contributed by atoms with Gasteiger partial charge in [0.25, 0.3) is 0 Å². The van der Waals surface area contributed by atoms with Crippen molar-refractivity contribution in [2.24, 2.45) is 0 Å². The zero-order valence-corrected chi connectivity index (χ0v) is 10.0. The summed E-state index contributed by atoms with van der Waals surface area (Å²) in [6.07, 6.45) is -3.72. The van der Waals surface area contributed by atoms with Gasteiger partial charge in [0.2, 0.25) is 0 Å². The third-order valence-corrected chi connectivity index (χ3v) is 2.26. The first-order valence-electron chi connectivity index (χ1n) is 5.21. The van der Waals surface area contributed by atoms with Crippen LogP contribution in [0.4, 0.5) is 18.9 Å². The van der Waals surface area contributed by atoms with Crippen molar-refractivity contribution in [3.63, 3.8) is 0 Å². The highest BCUT2D eigenvalue weighted by atomic mass is 19.4. The molecule has 0 saturated heterocycles. The second-order valence-electron chi connectivity index (χ2n) is 3.63. The van der Waals surface area contributed by atoms with E-state index < -0.39 is 12.1 Å². The lowest BCUT2D eigenvalue weighted by Gasteiger charge is -2.11. The topological polar surface area (TPSA) is 81.9 Å². The number of carbonyl (C=O) groups excluding carboxylic acids is 1. The number of carbonyl (C=O) groups is 1. The van der Waals surface area contributed by atoms with E-state index in [0.29, 0.717) is 5.69 Å². The fraction of sp³-hybridized carbons (Fsp3) is 0.200. The highest BCUT2D eigenvalue weighted by Gasteiger charge is 2.38. The Hall–Kier alpha value is -2.65. The summed E-state index contributed by atoms with van der Waals surface area (Å²) in [7, 11) is 1.34. The van der Waals surface area contributed by atoms with Crippen LogP contribution in [-0.4, -0.2) is 39.4 Å². The van der Waals surface area contributed by atoms with Crippen LogP contribution >= 0.6 is 0 Å². The van der Waals surface area contributed by atoms with Gasteiger partial charge in [-0.05, 0) is 16.5 Å². The van der Waals surface area contributed by atoms with Gasteiger partial charge >= 0.3 is 12.1 Å². The lowest BCUT2D eigenvalue weighted by atomic mass is 10.2. The van der Waals surface area contributed by atoms with Gasteiger partial charge in [-0.3, -0.25) is 4.79 Å². The first kappa shape index (κ1) is 13.8. The number of nitrogens with one attached hydrogen (secondary N) is 1.